The van der Waals surface area contributed by atoms with Crippen molar-refractivity contribution in [2.75, 3.05) is 0 Å². The van der Waals surface area contributed by atoms with E-state index in [2.05, 4.69) is 53.5 Å². The van der Waals surface area contributed by atoms with E-state index in [0.29, 0.717) is 12.3 Å². The van der Waals surface area contributed by atoms with Crippen molar-refractivity contribution in [3.8, 4) is 6.07 Å². The average Bonchev–Trinajstić information content (AvgIpc) is 2.55. The van der Waals surface area contributed by atoms with Gasteiger partial charge in [-0.25, -0.2) is 0 Å². The molecular formula is C19H22N2. The maximum Gasteiger partial charge on any atom is 0.0621 e. The number of pyridine rings is 1. The lowest BCUT2D eigenvalue weighted by Gasteiger charge is -2.16. The molecular weight excluding hydrogens is 256 g/mol. The fraction of sp³-hybridized carbons (Fsp3) is 0.368. The van der Waals surface area contributed by atoms with Gasteiger partial charge in [0.2, 0.25) is 0 Å². The Hall–Kier alpha value is -2.14. The summed E-state index contributed by atoms with van der Waals surface area (Å²) in [5.41, 5.74) is 2.55. The summed E-state index contributed by atoms with van der Waals surface area (Å²) in [7, 11) is 0. The summed E-state index contributed by atoms with van der Waals surface area (Å²) in [6, 6.07) is 19.0. The Morgan fingerprint density at radius 2 is 1.76 bits per heavy atom. The topological polar surface area (TPSA) is 36.7 Å². The van der Waals surface area contributed by atoms with Crippen LogP contribution < -0.4 is 0 Å². The normalized spacial score (nSPS) is 11.8. The molecule has 0 aliphatic heterocycles. The molecule has 1 aromatic carbocycles. The Bertz CT molecular complexity index is 543. The molecule has 0 saturated heterocycles. The van der Waals surface area contributed by atoms with E-state index in [1.807, 2.05) is 12.3 Å². The summed E-state index contributed by atoms with van der Waals surface area (Å²) >= 11 is 0. The van der Waals surface area contributed by atoms with E-state index in [-0.39, 0.29) is 0 Å². The van der Waals surface area contributed by atoms with Crippen molar-refractivity contribution >= 4 is 0 Å². The molecule has 0 bridgehead atoms. The SMILES string of the molecule is N#CCCCCCC(Cc1ccccc1)c1ccccn1. The third-order valence-electron chi connectivity index (χ3n) is 3.77. The molecule has 0 saturated carbocycles. The predicted octanol–water partition coefficient (Wildman–Crippen LogP) is 4.88. The zero-order valence-electron chi connectivity index (χ0n) is 12.4. The third-order valence-corrected chi connectivity index (χ3v) is 3.77. The molecule has 2 nitrogen and oxygen atoms in total. The van der Waals surface area contributed by atoms with Crippen molar-refractivity contribution < 1.29 is 0 Å². The molecule has 0 fully saturated rings. The van der Waals surface area contributed by atoms with E-state index in [1.54, 1.807) is 0 Å². The van der Waals surface area contributed by atoms with Crippen LogP contribution in [0.2, 0.25) is 0 Å². The van der Waals surface area contributed by atoms with E-state index in [4.69, 9.17) is 5.26 Å². The van der Waals surface area contributed by atoms with Crippen LogP contribution in [0.1, 0.15) is 49.3 Å². The van der Waals surface area contributed by atoms with Crippen LogP contribution in [0.25, 0.3) is 0 Å². The van der Waals surface area contributed by atoms with E-state index >= 15 is 0 Å². The van der Waals surface area contributed by atoms with Gasteiger partial charge in [0, 0.05) is 24.2 Å². The van der Waals surface area contributed by atoms with Crippen LogP contribution in [0, 0.1) is 11.3 Å². The zero-order chi connectivity index (χ0) is 14.8. The zero-order valence-corrected chi connectivity index (χ0v) is 12.4. The fourth-order valence-corrected chi connectivity index (χ4v) is 2.64. The standard InChI is InChI=1S/C19H22N2/c20-14-8-2-1-6-12-18(19-13-7-9-15-21-19)16-17-10-4-3-5-11-17/h3-5,7,9-11,13,15,18H,1-2,6,8,12,16H2. The number of nitrogens with zero attached hydrogens (tertiary/aromatic N) is 2. The lowest BCUT2D eigenvalue weighted by Crippen LogP contribution is -2.05. The lowest BCUT2D eigenvalue weighted by molar-refractivity contribution is 0.547. The van der Waals surface area contributed by atoms with E-state index in [9.17, 15) is 0 Å². The maximum absolute atomic E-state index is 8.59. The summed E-state index contributed by atoms with van der Waals surface area (Å²) in [4.78, 5) is 4.54. The molecule has 0 radical (unpaired) electrons. The van der Waals surface area contributed by atoms with Gasteiger partial charge in [-0.15, -0.1) is 0 Å². The maximum atomic E-state index is 8.59. The van der Waals surface area contributed by atoms with Crippen LogP contribution in [-0.2, 0) is 6.42 Å². The second kappa shape index (κ2) is 8.92. The second-order valence-corrected chi connectivity index (χ2v) is 5.40. The highest BCUT2D eigenvalue weighted by Gasteiger charge is 2.13. The molecule has 1 atom stereocenters. The Morgan fingerprint density at radius 1 is 0.952 bits per heavy atom. The Morgan fingerprint density at radius 3 is 2.48 bits per heavy atom. The van der Waals surface area contributed by atoms with Crippen LogP contribution >= 0.6 is 0 Å². The van der Waals surface area contributed by atoms with Crippen molar-refractivity contribution in [2.45, 2.75) is 44.4 Å². The third kappa shape index (κ3) is 5.39. The van der Waals surface area contributed by atoms with Crippen LogP contribution in [0.4, 0.5) is 0 Å². The summed E-state index contributed by atoms with van der Waals surface area (Å²) in [6.07, 6.45) is 8.03. The van der Waals surface area contributed by atoms with Gasteiger partial charge < -0.3 is 0 Å². The fourth-order valence-electron chi connectivity index (χ4n) is 2.64. The highest BCUT2D eigenvalue weighted by atomic mass is 14.7. The van der Waals surface area contributed by atoms with Crippen LogP contribution in [0.3, 0.4) is 0 Å². The average molecular weight is 278 g/mol. The smallest absolute Gasteiger partial charge is 0.0621 e. The van der Waals surface area contributed by atoms with E-state index in [0.717, 1.165) is 32.1 Å². The lowest BCUT2D eigenvalue weighted by atomic mass is 9.90. The number of hydrogen-bond acceptors (Lipinski definition) is 2. The second-order valence-electron chi connectivity index (χ2n) is 5.40. The summed E-state index contributed by atoms with van der Waals surface area (Å²) in [5.74, 6) is 0.468. The first kappa shape index (κ1) is 15.3. The molecule has 0 spiro atoms. The molecule has 21 heavy (non-hydrogen) atoms. The van der Waals surface area contributed by atoms with Gasteiger partial charge in [0.05, 0.1) is 6.07 Å². The van der Waals surface area contributed by atoms with Gasteiger partial charge in [-0.1, -0.05) is 49.2 Å². The Labute approximate surface area is 127 Å². The van der Waals surface area contributed by atoms with Crippen LogP contribution in [0.5, 0.6) is 0 Å². The van der Waals surface area contributed by atoms with Gasteiger partial charge in [0.1, 0.15) is 0 Å². The van der Waals surface area contributed by atoms with Gasteiger partial charge in [-0.05, 0) is 37.0 Å². The minimum Gasteiger partial charge on any atom is -0.261 e. The molecule has 0 aliphatic carbocycles. The number of unbranched alkanes of at least 4 members (excludes halogenated alkanes) is 3. The van der Waals surface area contributed by atoms with Crippen molar-refractivity contribution in [1.29, 1.82) is 5.26 Å². The number of hydrogen-bond donors (Lipinski definition) is 0. The van der Waals surface area contributed by atoms with Crippen LogP contribution in [-0.4, -0.2) is 4.98 Å². The quantitative estimate of drug-likeness (QED) is 0.645. The molecule has 0 aliphatic rings. The molecule has 0 amide bonds. The van der Waals surface area contributed by atoms with Crippen molar-refractivity contribution in [3.63, 3.8) is 0 Å². The summed E-state index contributed by atoms with van der Waals surface area (Å²) in [5, 5.41) is 8.59. The number of benzene rings is 1. The number of aromatic nitrogens is 1. The molecule has 1 aromatic heterocycles. The Balaban J connectivity index is 1.96. The summed E-state index contributed by atoms with van der Waals surface area (Å²) < 4.78 is 0. The first-order valence-corrected chi connectivity index (χ1v) is 7.72. The molecule has 108 valence electrons. The van der Waals surface area contributed by atoms with Gasteiger partial charge in [0.15, 0.2) is 0 Å². The first-order valence-electron chi connectivity index (χ1n) is 7.72. The van der Waals surface area contributed by atoms with Gasteiger partial charge in [-0.3, -0.25) is 4.98 Å². The molecule has 1 heterocycles. The van der Waals surface area contributed by atoms with E-state index in [1.165, 1.54) is 11.3 Å². The summed E-state index contributed by atoms with van der Waals surface area (Å²) in [6.45, 7) is 0. The largest absolute Gasteiger partial charge is 0.261 e. The molecule has 2 heteroatoms. The molecule has 2 rings (SSSR count). The Kier molecular flexibility index (Phi) is 6.48. The van der Waals surface area contributed by atoms with Crippen molar-refractivity contribution in [3.05, 3.63) is 66.0 Å². The predicted molar refractivity (Wildman–Crippen MR) is 85.8 cm³/mol. The number of nitriles is 1. The molecule has 1 unspecified atom stereocenters. The van der Waals surface area contributed by atoms with E-state index < -0.39 is 0 Å². The van der Waals surface area contributed by atoms with Crippen LogP contribution in [0.15, 0.2) is 54.7 Å². The number of rotatable bonds is 8. The highest BCUT2D eigenvalue weighted by molar-refractivity contribution is 5.19. The minimum absolute atomic E-state index is 0.468. The molecule has 2 aromatic rings. The van der Waals surface area contributed by atoms with Gasteiger partial charge in [0.25, 0.3) is 0 Å². The first-order chi connectivity index (χ1) is 10.4. The highest BCUT2D eigenvalue weighted by Crippen LogP contribution is 2.25. The van der Waals surface area contributed by atoms with Crippen molar-refractivity contribution in [2.24, 2.45) is 0 Å². The van der Waals surface area contributed by atoms with Gasteiger partial charge in [-0.2, -0.15) is 5.26 Å². The van der Waals surface area contributed by atoms with Gasteiger partial charge >= 0.3 is 0 Å². The minimum atomic E-state index is 0.468. The monoisotopic (exact) mass is 278 g/mol. The van der Waals surface area contributed by atoms with Crippen molar-refractivity contribution in [1.82, 2.24) is 4.98 Å². The molecule has 0 N–H and O–H groups in total.